The minimum absolute atomic E-state index is 0.186. The molecule has 0 aliphatic carbocycles. The highest BCUT2D eigenvalue weighted by molar-refractivity contribution is 5.95. The Morgan fingerprint density at radius 3 is 2.38 bits per heavy atom. The summed E-state index contributed by atoms with van der Waals surface area (Å²) in [7, 11) is 1.88. The van der Waals surface area contributed by atoms with Gasteiger partial charge in [0.15, 0.2) is 5.82 Å². The Bertz CT molecular complexity index is 624. The summed E-state index contributed by atoms with van der Waals surface area (Å²) in [6.45, 7) is 5.82. The van der Waals surface area contributed by atoms with Crippen molar-refractivity contribution in [3.63, 3.8) is 0 Å². The van der Waals surface area contributed by atoms with Crippen LogP contribution in [-0.4, -0.2) is 26.7 Å². The molecule has 0 unspecified atom stereocenters. The average molecular weight is 287 g/mol. The van der Waals surface area contributed by atoms with Crippen LogP contribution in [0.15, 0.2) is 30.6 Å². The molecule has 3 N–H and O–H groups in total. The third kappa shape index (κ3) is 3.46. The number of rotatable bonds is 3. The summed E-state index contributed by atoms with van der Waals surface area (Å²) >= 11 is 0. The lowest BCUT2D eigenvalue weighted by atomic mass is 9.87. The van der Waals surface area contributed by atoms with Crippen LogP contribution < -0.4 is 11.1 Å². The van der Waals surface area contributed by atoms with Gasteiger partial charge in [-0.3, -0.25) is 4.79 Å². The fourth-order valence-electron chi connectivity index (χ4n) is 1.86. The van der Waals surface area contributed by atoms with Gasteiger partial charge in [0.2, 0.25) is 5.91 Å². The lowest BCUT2D eigenvalue weighted by Crippen LogP contribution is -2.45. The first-order valence-corrected chi connectivity index (χ1v) is 6.80. The highest BCUT2D eigenvalue weighted by Gasteiger charge is 2.27. The molecule has 21 heavy (non-hydrogen) atoms. The van der Waals surface area contributed by atoms with Gasteiger partial charge in [0.25, 0.3) is 0 Å². The van der Waals surface area contributed by atoms with Crippen LogP contribution in [0.2, 0.25) is 0 Å². The minimum atomic E-state index is -0.559. The zero-order chi connectivity index (χ0) is 15.6. The molecule has 2 rings (SSSR count). The monoisotopic (exact) mass is 287 g/mol. The van der Waals surface area contributed by atoms with Gasteiger partial charge in [-0.1, -0.05) is 20.8 Å². The number of hydrogen-bond donors (Lipinski definition) is 2. The minimum Gasteiger partial charge on any atom is -0.325 e. The number of nitrogens with zero attached hydrogens (tertiary/aromatic N) is 3. The maximum atomic E-state index is 12.1. The van der Waals surface area contributed by atoms with Gasteiger partial charge in [0.1, 0.15) is 6.33 Å². The average Bonchev–Trinajstić information content (AvgIpc) is 2.84. The van der Waals surface area contributed by atoms with Gasteiger partial charge < -0.3 is 15.6 Å². The number of benzene rings is 1. The number of nitrogens with one attached hydrogen (secondary N) is 1. The summed E-state index contributed by atoms with van der Waals surface area (Å²) in [5.41, 5.74) is 7.31. The van der Waals surface area contributed by atoms with Crippen molar-refractivity contribution >= 4 is 11.6 Å². The van der Waals surface area contributed by atoms with Gasteiger partial charge in [-0.2, -0.15) is 0 Å². The van der Waals surface area contributed by atoms with E-state index in [2.05, 4.69) is 15.5 Å². The van der Waals surface area contributed by atoms with Crippen molar-refractivity contribution in [2.24, 2.45) is 18.2 Å². The number of carbonyl (C=O) groups excluding carboxylic acids is 1. The maximum absolute atomic E-state index is 12.1. The van der Waals surface area contributed by atoms with Gasteiger partial charge in [-0.25, -0.2) is 0 Å². The number of hydrogen-bond acceptors (Lipinski definition) is 4. The molecule has 0 aliphatic rings. The van der Waals surface area contributed by atoms with Crippen molar-refractivity contribution in [3.8, 4) is 11.4 Å². The second-order valence-corrected chi connectivity index (χ2v) is 6.18. The van der Waals surface area contributed by atoms with E-state index in [9.17, 15) is 4.79 Å². The normalized spacial score (nSPS) is 13.0. The lowest BCUT2D eigenvalue weighted by Gasteiger charge is -2.25. The van der Waals surface area contributed by atoms with Gasteiger partial charge in [-0.15, -0.1) is 10.2 Å². The highest BCUT2D eigenvalue weighted by Crippen LogP contribution is 2.21. The number of carbonyl (C=O) groups is 1. The molecule has 0 spiro atoms. The van der Waals surface area contributed by atoms with E-state index < -0.39 is 6.04 Å². The summed E-state index contributed by atoms with van der Waals surface area (Å²) in [6, 6.07) is 6.88. The van der Waals surface area contributed by atoms with E-state index >= 15 is 0 Å². The predicted molar refractivity (Wildman–Crippen MR) is 82.5 cm³/mol. The summed E-state index contributed by atoms with van der Waals surface area (Å²) < 4.78 is 1.84. The molecule has 1 aromatic carbocycles. The maximum Gasteiger partial charge on any atom is 0.241 e. The van der Waals surface area contributed by atoms with Crippen molar-refractivity contribution in [2.75, 3.05) is 5.32 Å². The van der Waals surface area contributed by atoms with E-state index in [1.54, 1.807) is 6.33 Å². The molecule has 6 heteroatoms. The molecule has 0 saturated carbocycles. The molecule has 1 amide bonds. The van der Waals surface area contributed by atoms with Gasteiger partial charge >= 0.3 is 0 Å². The molecule has 2 aromatic rings. The molecule has 1 aromatic heterocycles. The Morgan fingerprint density at radius 1 is 1.29 bits per heavy atom. The SMILES string of the molecule is Cn1cnnc1-c1ccc(NC(=O)[C@H](N)C(C)(C)C)cc1. The largest absolute Gasteiger partial charge is 0.325 e. The molecular formula is C15H21N5O. The van der Waals surface area contributed by atoms with Gasteiger partial charge in [0, 0.05) is 18.3 Å². The van der Waals surface area contributed by atoms with Crippen LogP contribution in [0.4, 0.5) is 5.69 Å². The van der Waals surface area contributed by atoms with E-state index in [0.29, 0.717) is 5.69 Å². The molecule has 0 aliphatic heterocycles. The molecular weight excluding hydrogens is 266 g/mol. The van der Waals surface area contributed by atoms with E-state index in [-0.39, 0.29) is 11.3 Å². The van der Waals surface area contributed by atoms with Crippen LogP contribution in [-0.2, 0) is 11.8 Å². The van der Waals surface area contributed by atoms with E-state index in [1.807, 2.05) is 56.7 Å². The van der Waals surface area contributed by atoms with Crippen LogP contribution in [0.1, 0.15) is 20.8 Å². The molecule has 1 atom stereocenters. The fraction of sp³-hybridized carbons (Fsp3) is 0.400. The summed E-state index contributed by atoms with van der Waals surface area (Å²) in [4.78, 5) is 12.1. The zero-order valence-corrected chi connectivity index (χ0v) is 12.8. The third-order valence-electron chi connectivity index (χ3n) is 3.34. The Labute approximate surface area is 124 Å². The number of amides is 1. The van der Waals surface area contributed by atoms with Crippen LogP contribution in [0.25, 0.3) is 11.4 Å². The van der Waals surface area contributed by atoms with Gasteiger partial charge in [0.05, 0.1) is 6.04 Å². The smallest absolute Gasteiger partial charge is 0.241 e. The second-order valence-electron chi connectivity index (χ2n) is 6.18. The Hall–Kier alpha value is -2.21. The lowest BCUT2D eigenvalue weighted by molar-refractivity contribution is -0.119. The van der Waals surface area contributed by atoms with Crippen LogP contribution >= 0.6 is 0 Å². The quantitative estimate of drug-likeness (QED) is 0.901. The number of aromatic nitrogens is 3. The molecule has 0 fully saturated rings. The predicted octanol–water partition coefficient (Wildman–Crippen LogP) is 1.79. The molecule has 112 valence electrons. The zero-order valence-electron chi connectivity index (χ0n) is 12.8. The highest BCUT2D eigenvalue weighted by atomic mass is 16.2. The van der Waals surface area contributed by atoms with E-state index in [1.165, 1.54) is 0 Å². The topological polar surface area (TPSA) is 85.8 Å². The molecule has 6 nitrogen and oxygen atoms in total. The van der Waals surface area contributed by atoms with E-state index in [0.717, 1.165) is 11.4 Å². The van der Waals surface area contributed by atoms with Crippen LogP contribution in [0, 0.1) is 5.41 Å². The van der Waals surface area contributed by atoms with Crippen molar-refractivity contribution in [1.29, 1.82) is 0 Å². The number of aryl methyl sites for hydroxylation is 1. The van der Waals surface area contributed by atoms with E-state index in [4.69, 9.17) is 5.73 Å². The van der Waals surface area contributed by atoms with Crippen LogP contribution in [0.3, 0.4) is 0 Å². The Kier molecular flexibility index (Phi) is 4.09. The second kappa shape index (κ2) is 5.65. The Morgan fingerprint density at radius 2 is 1.90 bits per heavy atom. The van der Waals surface area contributed by atoms with Crippen LogP contribution in [0.5, 0.6) is 0 Å². The first kappa shape index (κ1) is 15.2. The van der Waals surface area contributed by atoms with Crippen molar-refractivity contribution in [2.45, 2.75) is 26.8 Å². The fourth-order valence-corrected chi connectivity index (χ4v) is 1.86. The summed E-state index contributed by atoms with van der Waals surface area (Å²) in [5, 5.41) is 10.7. The molecule has 0 bridgehead atoms. The first-order valence-electron chi connectivity index (χ1n) is 6.80. The molecule has 1 heterocycles. The number of anilines is 1. The molecule has 0 radical (unpaired) electrons. The molecule has 0 saturated heterocycles. The third-order valence-corrected chi connectivity index (χ3v) is 3.34. The summed E-state index contributed by atoms with van der Waals surface area (Å²) in [6.07, 6.45) is 1.65. The van der Waals surface area contributed by atoms with Crippen molar-refractivity contribution < 1.29 is 4.79 Å². The first-order chi connectivity index (χ1) is 9.79. The standard InChI is InChI=1S/C15H21N5O/c1-15(2,3)12(16)14(21)18-11-7-5-10(6-8-11)13-19-17-9-20(13)4/h5-9,12H,16H2,1-4H3,(H,18,21)/t12-/m0/s1. The van der Waals surface area contributed by atoms with Gasteiger partial charge in [-0.05, 0) is 29.7 Å². The van der Waals surface area contributed by atoms with Crippen molar-refractivity contribution in [1.82, 2.24) is 14.8 Å². The summed E-state index contributed by atoms with van der Waals surface area (Å²) in [5.74, 6) is 0.591. The Balaban J connectivity index is 2.10. The van der Waals surface area contributed by atoms with Crippen molar-refractivity contribution in [3.05, 3.63) is 30.6 Å². The number of nitrogens with two attached hydrogens (primary N) is 1.